The SMILES string of the molecule is CC(=O)Nc1ncc(-c2cnc([C@H]3CCCN(C(C)=O)C3)cn2)s1. The van der Waals surface area contributed by atoms with Gasteiger partial charge in [0.1, 0.15) is 5.69 Å². The third kappa shape index (κ3) is 3.76. The molecule has 0 radical (unpaired) electrons. The van der Waals surface area contributed by atoms with E-state index in [9.17, 15) is 9.59 Å². The van der Waals surface area contributed by atoms with Gasteiger partial charge in [0.15, 0.2) is 5.13 Å². The summed E-state index contributed by atoms with van der Waals surface area (Å²) in [6, 6.07) is 0. The molecule has 0 aliphatic carbocycles. The maximum atomic E-state index is 11.5. The van der Waals surface area contributed by atoms with Crippen LogP contribution in [0.5, 0.6) is 0 Å². The van der Waals surface area contributed by atoms with Crippen LogP contribution in [0.25, 0.3) is 10.6 Å². The largest absolute Gasteiger partial charge is 0.342 e. The summed E-state index contributed by atoms with van der Waals surface area (Å²) < 4.78 is 0. The molecule has 2 aromatic rings. The molecule has 3 rings (SSSR count). The van der Waals surface area contributed by atoms with Gasteiger partial charge in [-0.05, 0) is 12.8 Å². The number of carbonyl (C=O) groups excluding carboxylic acids is 2. The molecule has 0 unspecified atom stereocenters. The molecule has 1 saturated heterocycles. The lowest BCUT2D eigenvalue weighted by Gasteiger charge is -2.31. The van der Waals surface area contributed by atoms with Gasteiger partial charge in [-0.3, -0.25) is 19.6 Å². The van der Waals surface area contributed by atoms with Crippen molar-refractivity contribution in [3.05, 3.63) is 24.3 Å². The normalized spacial score (nSPS) is 17.6. The summed E-state index contributed by atoms with van der Waals surface area (Å²) in [6.07, 6.45) is 7.19. The molecule has 8 heteroatoms. The molecule has 3 heterocycles. The Kier molecular flexibility index (Phi) is 4.84. The molecule has 0 saturated carbocycles. The Balaban J connectivity index is 1.72. The Morgan fingerprint density at radius 3 is 2.71 bits per heavy atom. The van der Waals surface area contributed by atoms with Crippen molar-refractivity contribution in [3.8, 4) is 10.6 Å². The van der Waals surface area contributed by atoms with Gasteiger partial charge in [0, 0.05) is 45.2 Å². The van der Waals surface area contributed by atoms with Crippen molar-refractivity contribution < 1.29 is 9.59 Å². The number of rotatable bonds is 3. The van der Waals surface area contributed by atoms with Gasteiger partial charge in [0.25, 0.3) is 0 Å². The number of anilines is 1. The number of likely N-dealkylation sites (tertiary alicyclic amines) is 1. The topological polar surface area (TPSA) is 88.1 Å². The highest BCUT2D eigenvalue weighted by atomic mass is 32.1. The lowest BCUT2D eigenvalue weighted by atomic mass is 9.95. The first-order valence-corrected chi connectivity index (χ1v) is 8.66. The molecule has 24 heavy (non-hydrogen) atoms. The van der Waals surface area contributed by atoms with Crippen LogP contribution in [0, 0.1) is 0 Å². The predicted molar refractivity (Wildman–Crippen MR) is 91.7 cm³/mol. The fourth-order valence-electron chi connectivity index (χ4n) is 2.78. The quantitative estimate of drug-likeness (QED) is 0.922. The standard InChI is InChI=1S/C16H19N5O2S/c1-10(22)20-16-19-8-15(24-16)14-7-17-13(6-18-14)12-4-3-5-21(9-12)11(2)23/h6-8,12H,3-5,9H2,1-2H3,(H,19,20,22)/t12-/m0/s1. The van der Waals surface area contributed by atoms with Crippen LogP contribution < -0.4 is 5.32 Å². The third-order valence-electron chi connectivity index (χ3n) is 4.00. The molecule has 1 atom stereocenters. The smallest absolute Gasteiger partial charge is 0.223 e. The van der Waals surface area contributed by atoms with Crippen LogP contribution in [-0.4, -0.2) is 44.8 Å². The lowest BCUT2D eigenvalue weighted by molar-refractivity contribution is -0.130. The van der Waals surface area contributed by atoms with Crippen molar-refractivity contribution in [1.29, 1.82) is 0 Å². The van der Waals surface area contributed by atoms with E-state index >= 15 is 0 Å². The van der Waals surface area contributed by atoms with Crippen molar-refractivity contribution in [2.45, 2.75) is 32.6 Å². The van der Waals surface area contributed by atoms with E-state index in [0.717, 1.165) is 35.7 Å². The summed E-state index contributed by atoms with van der Waals surface area (Å²) in [5.41, 5.74) is 1.64. The highest BCUT2D eigenvalue weighted by molar-refractivity contribution is 7.19. The number of amides is 2. The molecule has 0 bridgehead atoms. The van der Waals surface area contributed by atoms with Gasteiger partial charge in [-0.2, -0.15) is 0 Å². The van der Waals surface area contributed by atoms with Gasteiger partial charge in [0.2, 0.25) is 11.8 Å². The molecule has 1 aliphatic heterocycles. The fourth-order valence-corrected chi connectivity index (χ4v) is 3.61. The monoisotopic (exact) mass is 345 g/mol. The summed E-state index contributed by atoms with van der Waals surface area (Å²) >= 11 is 1.36. The number of hydrogen-bond donors (Lipinski definition) is 1. The van der Waals surface area contributed by atoms with E-state index in [2.05, 4.69) is 20.3 Å². The first-order chi connectivity index (χ1) is 11.5. The molecule has 126 valence electrons. The Morgan fingerprint density at radius 1 is 1.21 bits per heavy atom. The van der Waals surface area contributed by atoms with E-state index in [0.29, 0.717) is 11.7 Å². The van der Waals surface area contributed by atoms with Crippen LogP contribution in [0.4, 0.5) is 5.13 Å². The predicted octanol–water partition coefficient (Wildman–Crippen LogP) is 2.28. The van der Waals surface area contributed by atoms with Crippen molar-refractivity contribution in [3.63, 3.8) is 0 Å². The van der Waals surface area contributed by atoms with Crippen LogP contribution in [-0.2, 0) is 9.59 Å². The molecular formula is C16H19N5O2S. The zero-order chi connectivity index (χ0) is 17.1. The van der Waals surface area contributed by atoms with E-state index in [1.54, 1.807) is 25.5 Å². The van der Waals surface area contributed by atoms with Gasteiger partial charge in [-0.1, -0.05) is 11.3 Å². The van der Waals surface area contributed by atoms with Crippen molar-refractivity contribution >= 4 is 28.3 Å². The number of aromatic nitrogens is 3. The van der Waals surface area contributed by atoms with Gasteiger partial charge in [-0.25, -0.2) is 4.98 Å². The average Bonchev–Trinajstić information content (AvgIpc) is 3.03. The molecule has 1 N–H and O–H groups in total. The first-order valence-electron chi connectivity index (χ1n) is 7.84. The van der Waals surface area contributed by atoms with E-state index < -0.39 is 0 Å². The lowest BCUT2D eigenvalue weighted by Crippen LogP contribution is -2.37. The molecule has 0 aromatic carbocycles. The van der Waals surface area contributed by atoms with Crippen LogP contribution in [0.15, 0.2) is 18.6 Å². The summed E-state index contributed by atoms with van der Waals surface area (Å²) in [5.74, 6) is 0.199. The van der Waals surface area contributed by atoms with Crippen molar-refractivity contribution in [1.82, 2.24) is 19.9 Å². The summed E-state index contributed by atoms with van der Waals surface area (Å²) in [5, 5.41) is 3.21. The molecule has 2 amide bonds. The first kappa shape index (κ1) is 16.5. The number of nitrogens with one attached hydrogen (secondary N) is 1. The van der Waals surface area contributed by atoms with E-state index in [1.165, 1.54) is 18.3 Å². The molecule has 2 aromatic heterocycles. The molecule has 7 nitrogen and oxygen atoms in total. The Morgan fingerprint density at radius 2 is 2.04 bits per heavy atom. The van der Waals surface area contributed by atoms with Gasteiger partial charge < -0.3 is 10.2 Å². The van der Waals surface area contributed by atoms with Crippen LogP contribution in [0.3, 0.4) is 0 Å². The van der Waals surface area contributed by atoms with Crippen LogP contribution >= 0.6 is 11.3 Å². The fraction of sp³-hybridized carbons (Fsp3) is 0.438. The van der Waals surface area contributed by atoms with Crippen molar-refractivity contribution in [2.24, 2.45) is 0 Å². The highest BCUT2D eigenvalue weighted by Crippen LogP contribution is 2.29. The summed E-state index contributed by atoms with van der Waals surface area (Å²) in [7, 11) is 0. The average molecular weight is 345 g/mol. The van der Waals surface area contributed by atoms with Crippen LogP contribution in [0.2, 0.25) is 0 Å². The van der Waals surface area contributed by atoms with Gasteiger partial charge >= 0.3 is 0 Å². The maximum absolute atomic E-state index is 11.5. The number of carbonyl (C=O) groups is 2. The van der Waals surface area contributed by atoms with E-state index in [1.807, 2.05) is 4.90 Å². The minimum Gasteiger partial charge on any atom is -0.342 e. The number of hydrogen-bond acceptors (Lipinski definition) is 6. The summed E-state index contributed by atoms with van der Waals surface area (Å²) in [6.45, 7) is 4.58. The molecular weight excluding hydrogens is 326 g/mol. The zero-order valence-electron chi connectivity index (χ0n) is 13.7. The Hall–Kier alpha value is -2.35. The van der Waals surface area contributed by atoms with Gasteiger partial charge in [0.05, 0.1) is 16.8 Å². The highest BCUT2D eigenvalue weighted by Gasteiger charge is 2.24. The van der Waals surface area contributed by atoms with E-state index in [-0.39, 0.29) is 17.7 Å². The molecule has 1 aliphatic rings. The maximum Gasteiger partial charge on any atom is 0.223 e. The minimum atomic E-state index is -0.148. The third-order valence-corrected chi connectivity index (χ3v) is 4.93. The second-order valence-electron chi connectivity index (χ2n) is 5.84. The number of nitrogens with zero attached hydrogens (tertiary/aromatic N) is 4. The van der Waals surface area contributed by atoms with Crippen molar-refractivity contribution in [2.75, 3.05) is 18.4 Å². The number of piperidine rings is 1. The minimum absolute atomic E-state index is 0.111. The summed E-state index contributed by atoms with van der Waals surface area (Å²) in [4.78, 5) is 38.5. The van der Waals surface area contributed by atoms with E-state index in [4.69, 9.17) is 0 Å². The second-order valence-corrected chi connectivity index (χ2v) is 6.87. The zero-order valence-corrected chi connectivity index (χ0v) is 14.5. The van der Waals surface area contributed by atoms with Gasteiger partial charge in [-0.15, -0.1) is 0 Å². The molecule has 0 spiro atoms. The molecule has 1 fully saturated rings. The second kappa shape index (κ2) is 7.04. The Labute approximate surface area is 144 Å². The Bertz CT molecular complexity index is 743. The van der Waals surface area contributed by atoms with Crippen LogP contribution in [0.1, 0.15) is 38.3 Å². The number of thiazole rings is 1.